The molecule has 3 rings (SSSR count). The van der Waals surface area contributed by atoms with Gasteiger partial charge in [0.2, 0.25) is 0 Å². The van der Waals surface area contributed by atoms with Crippen molar-refractivity contribution in [2.45, 2.75) is 25.9 Å². The SMILES string of the molecule is CCn1c(CC(NC)c2ccccc2)nc2ccccc21. The van der Waals surface area contributed by atoms with Crippen LogP contribution in [-0.2, 0) is 13.0 Å². The van der Waals surface area contributed by atoms with Gasteiger partial charge in [-0.25, -0.2) is 4.98 Å². The van der Waals surface area contributed by atoms with Gasteiger partial charge in [0.05, 0.1) is 11.0 Å². The predicted molar refractivity (Wildman–Crippen MR) is 87.4 cm³/mol. The van der Waals surface area contributed by atoms with Gasteiger partial charge in [-0.3, -0.25) is 0 Å². The molecule has 0 bridgehead atoms. The molecule has 21 heavy (non-hydrogen) atoms. The average molecular weight is 279 g/mol. The monoisotopic (exact) mass is 279 g/mol. The number of fused-ring (bicyclic) bond motifs is 1. The van der Waals surface area contributed by atoms with Crippen LogP contribution in [0.1, 0.15) is 24.4 Å². The molecule has 1 atom stereocenters. The molecule has 0 fully saturated rings. The van der Waals surface area contributed by atoms with E-state index in [2.05, 4.69) is 65.3 Å². The summed E-state index contributed by atoms with van der Waals surface area (Å²) in [5.41, 5.74) is 3.60. The standard InChI is InChI=1S/C18H21N3/c1-3-21-17-12-8-7-11-15(17)20-18(21)13-16(19-2)14-9-5-4-6-10-14/h4-12,16,19H,3,13H2,1-2H3. The fraction of sp³-hybridized carbons (Fsp3) is 0.278. The molecule has 2 aromatic carbocycles. The van der Waals surface area contributed by atoms with Gasteiger partial charge in [0, 0.05) is 19.0 Å². The van der Waals surface area contributed by atoms with Crippen LogP contribution in [-0.4, -0.2) is 16.6 Å². The Morgan fingerprint density at radius 2 is 1.76 bits per heavy atom. The molecule has 1 unspecified atom stereocenters. The number of nitrogens with zero attached hydrogens (tertiary/aromatic N) is 2. The molecule has 0 spiro atoms. The third-order valence-electron chi connectivity index (χ3n) is 3.99. The Balaban J connectivity index is 1.97. The molecule has 0 saturated carbocycles. The molecule has 0 aliphatic rings. The number of likely N-dealkylation sites (N-methyl/N-ethyl adjacent to an activating group) is 1. The lowest BCUT2D eigenvalue weighted by Gasteiger charge is -2.17. The number of para-hydroxylation sites is 2. The highest BCUT2D eigenvalue weighted by Crippen LogP contribution is 2.21. The minimum Gasteiger partial charge on any atom is -0.328 e. The normalized spacial score (nSPS) is 12.7. The molecule has 0 amide bonds. The number of aromatic nitrogens is 2. The van der Waals surface area contributed by atoms with Crippen LogP contribution in [0.5, 0.6) is 0 Å². The average Bonchev–Trinajstić information content (AvgIpc) is 2.90. The van der Waals surface area contributed by atoms with E-state index < -0.39 is 0 Å². The van der Waals surface area contributed by atoms with Gasteiger partial charge < -0.3 is 9.88 Å². The van der Waals surface area contributed by atoms with Crippen molar-refractivity contribution in [3.63, 3.8) is 0 Å². The minimum absolute atomic E-state index is 0.285. The van der Waals surface area contributed by atoms with E-state index in [1.165, 1.54) is 11.1 Å². The van der Waals surface area contributed by atoms with Crippen molar-refractivity contribution >= 4 is 11.0 Å². The fourth-order valence-corrected chi connectivity index (χ4v) is 2.89. The molecule has 3 heteroatoms. The number of benzene rings is 2. The van der Waals surface area contributed by atoms with Crippen molar-refractivity contribution in [3.05, 3.63) is 66.0 Å². The Morgan fingerprint density at radius 3 is 2.48 bits per heavy atom. The van der Waals surface area contributed by atoms with Crippen LogP contribution in [0.15, 0.2) is 54.6 Å². The van der Waals surface area contributed by atoms with Crippen LogP contribution >= 0.6 is 0 Å². The van der Waals surface area contributed by atoms with Crippen LogP contribution in [0.4, 0.5) is 0 Å². The summed E-state index contributed by atoms with van der Waals surface area (Å²) in [6, 6.07) is 19.2. The third kappa shape index (κ3) is 2.69. The molecule has 0 aliphatic carbocycles. The highest BCUT2D eigenvalue weighted by molar-refractivity contribution is 5.75. The summed E-state index contributed by atoms with van der Waals surface area (Å²) in [5.74, 6) is 1.14. The molecule has 1 N–H and O–H groups in total. The molecule has 3 aromatic rings. The second-order valence-electron chi connectivity index (χ2n) is 5.22. The first-order valence-electron chi connectivity index (χ1n) is 7.49. The highest BCUT2D eigenvalue weighted by Gasteiger charge is 2.15. The fourth-order valence-electron chi connectivity index (χ4n) is 2.89. The topological polar surface area (TPSA) is 29.9 Å². The van der Waals surface area contributed by atoms with E-state index >= 15 is 0 Å². The maximum absolute atomic E-state index is 4.82. The van der Waals surface area contributed by atoms with E-state index in [0.717, 1.165) is 24.3 Å². The maximum Gasteiger partial charge on any atom is 0.111 e. The minimum atomic E-state index is 0.285. The Kier molecular flexibility index (Phi) is 4.02. The van der Waals surface area contributed by atoms with Gasteiger partial charge in [0.25, 0.3) is 0 Å². The van der Waals surface area contributed by atoms with Crippen LogP contribution in [0.25, 0.3) is 11.0 Å². The molecular weight excluding hydrogens is 258 g/mol. The molecule has 0 radical (unpaired) electrons. The number of nitrogens with one attached hydrogen (secondary N) is 1. The molecule has 1 aromatic heterocycles. The Bertz CT molecular complexity index is 716. The first-order chi connectivity index (χ1) is 10.3. The summed E-state index contributed by atoms with van der Waals surface area (Å²) >= 11 is 0. The molecule has 1 heterocycles. The number of aryl methyl sites for hydroxylation is 1. The van der Waals surface area contributed by atoms with Crippen molar-refractivity contribution < 1.29 is 0 Å². The Morgan fingerprint density at radius 1 is 1.05 bits per heavy atom. The molecule has 108 valence electrons. The smallest absolute Gasteiger partial charge is 0.111 e. The van der Waals surface area contributed by atoms with E-state index in [1.54, 1.807) is 0 Å². The van der Waals surface area contributed by atoms with E-state index in [1.807, 2.05) is 13.1 Å². The first-order valence-corrected chi connectivity index (χ1v) is 7.49. The quantitative estimate of drug-likeness (QED) is 0.774. The van der Waals surface area contributed by atoms with E-state index in [9.17, 15) is 0 Å². The first kappa shape index (κ1) is 13.8. The molecule has 0 aliphatic heterocycles. The summed E-state index contributed by atoms with van der Waals surface area (Å²) < 4.78 is 2.31. The Hall–Kier alpha value is -2.13. The second-order valence-corrected chi connectivity index (χ2v) is 5.22. The Labute approximate surface area is 125 Å². The van der Waals surface area contributed by atoms with Gasteiger partial charge in [-0.15, -0.1) is 0 Å². The number of imidazole rings is 1. The lowest BCUT2D eigenvalue weighted by Crippen LogP contribution is -2.20. The zero-order valence-corrected chi connectivity index (χ0v) is 12.6. The number of hydrogen-bond donors (Lipinski definition) is 1. The van der Waals surface area contributed by atoms with Gasteiger partial charge in [0.15, 0.2) is 0 Å². The zero-order chi connectivity index (χ0) is 14.7. The predicted octanol–water partition coefficient (Wildman–Crippen LogP) is 3.56. The lowest BCUT2D eigenvalue weighted by atomic mass is 10.0. The van der Waals surface area contributed by atoms with E-state index in [-0.39, 0.29) is 6.04 Å². The summed E-state index contributed by atoms with van der Waals surface area (Å²) in [7, 11) is 2.01. The lowest BCUT2D eigenvalue weighted by molar-refractivity contribution is 0.556. The van der Waals surface area contributed by atoms with Crippen LogP contribution in [0, 0.1) is 0 Å². The maximum atomic E-state index is 4.82. The van der Waals surface area contributed by atoms with E-state index in [0.29, 0.717) is 0 Å². The summed E-state index contributed by atoms with van der Waals surface area (Å²) in [6.07, 6.45) is 0.892. The van der Waals surface area contributed by atoms with Gasteiger partial charge in [-0.05, 0) is 31.7 Å². The van der Waals surface area contributed by atoms with Gasteiger partial charge >= 0.3 is 0 Å². The van der Waals surface area contributed by atoms with Crippen LogP contribution in [0.2, 0.25) is 0 Å². The second kappa shape index (κ2) is 6.10. The summed E-state index contributed by atoms with van der Waals surface area (Å²) in [5, 5.41) is 3.41. The number of rotatable bonds is 5. The highest BCUT2D eigenvalue weighted by atomic mass is 15.1. The van der Waals surface area contributed by atoms with Crippen LogP contribution < -0.4 is 5.32 Å². The van der Waals surface area contributed by atoms with Gasteiger partial charge in [-0.2, -0.15) is 0 Å². The molecular formula is C18H21N3. The zero-order valence-electron chi connectivity index (χ0n) is 12.6. The van der Waals surface area contributed by atoms with E-state index in [4.69, 9.17) is 4.98 Å². The van der Waals surface area contributed by atoms with Crippen molar-refractivity contribution in [1.82, 2.24) is 14.9 Å². The van der Waals surface area contributed by atoms with Gasteiger partial charge in [-0.1, -0.05) is 42.5 Å². The summed E-state index contributed by atoms with van der Waals surface area (Å²) in [6.45, 7) is 3.12. The van der Waals surface area contributed by atoms with Crippen molar-refractivity contribution in [2.75, 3.05) is 7.05 Å². The van der Waals surface area contributed by atoms with Crippen molar-refractivity contribution in [1.29, 1.82) is 0 Å². The largest absolute Gasteiger partial charge is 0.328 e. The molecule has 0 saturated heterocycles. The number of hydrogen-bond acceptors (Lipinski definition) is 2. The van der Waals surface area contributed by atoms with Gasteiger partial charge in [0.1, 0.15) is 5.82 Å². The molecule has 3 nitrogen and oxygen atoms in total. The van der Waals surface area contributed by atoms with Crippen LogP contribution in [0.3, 0.4) is 0 Å². The summed E-state index contributed by atoms with van der Waals surface area (Å²) in [4.78, 5) is 4.82. The third-order valence-corrected chi connectivity index (χ3v) is 3.99. The van der Waals surface area contributed by atoms with Crippen molar-refractivity contribution in [2.24, 2.45) is 0 Å². The van der Waals surface area contributed by atoms with Crippen molar-refractivity contribution in [3.8, 4) is 0 Å².